The standard InChI is InChI=1S/C23H21FN4O2.C5H11NO/c1-2-30-17-6-8-20(24)19(10-17)16-11-26-23(27-12-16)28-21-9-14(13-29)3-7-18(21)22(25)15-4-5-15;1-6-2-4-7-5-3-6/h3,6-13,15,25H,2,4-5H2,1H3,(H,26,27,28);2-5H2,1H3. The van der Waals surface area contributed by atoms with Crippen molar-refractivity contribution in [1.82, 2.24) is 14.9 Å². The Morgan fingerprint density at radius 1 is 1.19 bits per heavy atom. The molecule has 1 saturated carbocycles. The first-order valence-corrected chi connectivity index (χ1v) is 12.4. The third kappa shape index (κ3) is 7.18. The normalized spacial score (nSPS) is 15.3. The van der Waals surface area contributed by atoms with Gasteiger partial charge in [0.25, 0.3) is 0 Å². The lowest BCUT2D eigenvalue weighted by molar-refractivity contribution is 0.0503. The van der Waals surface area contributed by atoms with Crippen molar-refractivity contribution < 1.29 is 18.7 Å². The Bertz CT molecular complexity index is 1220. The zero-order chi connectivity index (χ0) is 26.2. The van der Waals surface area contributed by atoms with E-state index in [9.17, 15) is 9.18 Å². The number of aromatic nitrogens is 2. The van der Waals surface area contributed by atoms with Crippen LogP contribution < -0.4 is 10.1 Å². The summed E-state index contributed by atoms with van der Waals surface area (Å²) in [6, 6.07) is 9.70. The molecule has 2 heterocycles. The second-order valence-electron chi connectivity index (χ2n) is 9.02. The van der Waals surface area contributed by atoms with Gasteiger partial charge in [-0.25, -0.2) is 14.4 Å². The Morgan fingerprint density at radius 3 is 2.51 bits per heavy atom. The summed E-state index contributed by atoms with van der Waals surface area (Å²) in [6.07, 6.45) is 5.82. The van der Waals surface area contributed by atoms with Crippen LogP contribution in [0.5, 0.6) is 5.75 Å². The van der Waals surface area contributed by atoms with E-state index >= 15 is 0 Å². The average molecular weight is 506 g/mol. The molecular weight excluding hydrogens is 473 g/mol. The van der Waals surface area contributed by atoms with Crippen LogP contribution in [-0.4, -0.2) is 66.8 Å². The summed E-state index contributed by atoms with van der Waals surface area (Å²) < 4.78 is 24.8. The van der Waals surface area contributed by atoms with Crippen molar-refractivity contribution in [3.8, 4) is 16.9 Å². The van der Waals surface area contributed by atoms with Crippen molar-refractivity contribution in [2.75, 3.05) is 45.3 Å². The highest BCUT2D eigenvalue weighted by Crippen LogP contribution is 2.35. The zero-order valence-corrected chi connectivity index (χ0v) is 21.2. The van der Waals surface area contributed by atoms with Crippen molar-refractivity contribution in [3.63, 3.8) is 0 Å². The summed E-state index contributed by atoms with van der Waals surface area (Å²) in [7, 11) is 2.11. The van der Waals surface area contributed by atoms with Gasteiger partial charge in [-0.05, 0) is 51.1 Å². The Morgan fingerprint density at radius 2 is 1.92 bits per heavy atom. The van der Waals surface area contributed by atoms with E-state index in [0.717, 1.165) is 51.0 Å². The molecule has 37 heavy (non-hydrogen) atoms. The van der Waals surface area contributed by atoms with Gasteiger partial charge in [-0.15, -0.1) is 0 Å². The Kier molecular flexibility index (Phi) is 8.92. The number of likely N-dealkylation sites (N-methyl/N-ethyl adjacent to an activating group) is 1. The third-order valence-electron chi connectivity index (χ3n) is 6.15. The molecule has 0 amide bonds. The van der Waals surface area contributed by atoms with E-state index in [-0.39, 0.29) is 11.7 Å². The Labute approximate surface area is 216 Å². The number of nitrogens with one attached hydrogen (secondary N) is 2. The predicted octanol–water partition coefficient (Wildman–Crippen LogP) is 4.96. The molecule has 0 unspecified atom stereocenters. The fourth-order valence-electron chi connectivity index (χ4n) is 3.85. The van der Waals surface area contributed by atoms with Gasteiger partial charge in [0.2, 0.25) is 5.95 Å². The van der Waals surface area contributed by atoms with E-state index in [2.05, 4.69) is 27.2 Å². The van der Waals surface area contributed by atoms with Crippen LogP contribution in [-0.2, 0) is 4.74 Å². The van der Waals surface area contributed by atoms with Gasteiger partial charge in [-0.3, -0.25) is 4.79 Å². The van der Waals surface area contributed by atoms with Crippen LogP contribution in [0.1, 0.15) is 35.7 Å². The number of nitrogens with zero attached hydrogens (tertiary/aromatic N) is 3. The summed E-state index contributed by atoms with van der Waals surface area (Å²) in [5, 5.41) is 11.5. The number of rotatable bonds is 8. The molecule has 0 spiro atoms. The van der Waals surface area contributed by atoms with E-state index in [4.69, 9.17) is 14.9 Å². The van der Waals surface area contributed by atoms with Crippen LogP contribution >= 0.6 is 0 Å². The second kappa shape index (κ2) is 12.5. The van der Waals surface area contributed by atoms with E-state index in [1.54, 1.807) is 30.3 Å². The van der Waals surface area contributed by atoms with Gasteiger partial charge >= 0.3 is 0 Å². The number of anilines is 2. The van der Waals surface area contributed by atoms with Gasteiger partial charge < -0.3 is 25.1 Å². The molecule has 2 fully saturated rings. The molecule has 1 aromatic heterocycles. The summed E-state index contributed by atoms with van der Waals surface area (Å²) in [5.74, 6) is 0.746. The fraction of sp³-hybridized carbons (Fsp3) is 0.357. The number of ether oxygens (including phenoxy) is 2. The van der Waals surface area contributed by atoms with Crippen LogP contribution in [0.3, 0.4) is 0 Å². The molecule has 2 aliphatic rings. The first kappa shape index (κ1) is 26.4. The van der Waals surface area contributed by atoms with Gasteiger partial charge in [-0.1, -0.05) is 12.1 Å². The van der Waals surface area contributed by atoms with Crippen molar-refractivity contribution in [3.05, 3.63) is 65.7 Å². The monoisotopic (exact) mass is 505 g/mol. The maximum atomic E-state index is 14.3. The number of benzene rings is 2. The molecule has 1 saturated heterocycles. The minimum atomic E-state index is -0.387. The minimum Gasteiger partial charge on any atom is -0.494 e. The number of hydrogen-bond acceptors (Lipinski definition) is 8. The van der Waals surface area contributed by atoms with E-state index in [1.807, 2.05) is 6.92 Å². The molecule has 0 bridgehead atoms. The quantitative estimate of drug-likeness (QED) is 0.330. The zero-order valence-electron chi connectivity index (χ0n) is 21.2. The van der Waals surface area contributed by atoms with Crippen molar-refractivity contribution in [1.29, 1.82) is 5.41 Å². The number of aldehydes is 1. The minimum absolute atomic E-state index is 0.261. The molecule has 0 atom stereocenters. The van der Waals surface area contributed by atoms with Gasteiger partial charge in [0.05, 0.1) is 25.5 Å². The number of halogens is 1. The van der Waals surface area contributed by atoms with Crippen LogP contribution in [0.25, 0.3) is 11.1 Å². The smallest absolute Gasteiger partial charge is 0.227 e. The van der Waals surface area contributed by atoms with Crippen LogP contribution in [0.4, 0.5) is 16.0 Å². The molecule has 2 N–H and O–H groups in total. The number of morpholine rings is 1. The second-order valence-corrected chi connectivity index (χ2v) is 9.02. The SMILES string of the molecule is CCOc1ccc(F)c(-c2cnc(Nc3cc(C=O)ccc3C(=N)C3CC3)nc2)c1.CN1CCOCC1. The highest BCUT2D eigenvalue weighted by atomic mass is 19.1. The van der Waals surface area contributed by atoms with Gasteiger partial charge in [0.15, 0.2) is 0 Å². The van der Waals surface area contributed by atoms with Gasteiger partial charge in [0, 0.05) is 59.4 Å². The summed E-state index contributed by atoms with van der Waals surface area (Å²) >= 11 is 0. The molecule has 5 rings (SSSR count). The van der Waals surface area contributed by atoms with Crippen LogP contribution in [0, 0.1) is 17.1 Å². The maximum absolute atomic E-state index is 14.3. The molecule has 194 valence electrons. The summed E-state index contributed by atoms with van der Waals surface area (Å²) in [4.78, 5) is 22.0. The van der Waals surface area contributed by atoms with Crippen LogP contribution in [0.15, 0.2) is 48.8 Å². The predicted molar refractivity (Wildman–Crippen MR) is 142 cm³/mol. The summed E-state index contributed by atoms with van der Waals surface area (Å²) in [6.45, 7) is 6.37. The first-order chi connectivity index (χ1) is 18.0. The molecule has 3 aromatic rings. The lowest BCUT2D eigenvalue weighted by Crippen LogP contribution is -2.32. The Balaban J connectivity index is 0.000000396. The van der Waals surface area contributed by atoms with E-state index < -0.39 is 0 Å². The lowest BCUT2D eigenvalue weighted by atomic mass is 10.0. The van der Waals surface area contributed by atoms with Crippen molar-refractivity contribution in [2.45, 2.75) is 19.8 Å². The number of carbonyl (C=O) groups is 1. The molecule has 1 aliphatic carbocycles. The number of carbonyl (C=O) groups excluding carboxylic acids is 1. The molecule has 2 aromatic carbocycles. The van der Waals surface area contributed by atoms with Crippen LogP contribution in [0.2, 0.25) is 0 Å². The highest BCUT2D eigenvalue weighted by Gasteiger charge is 2.28. The first-order valence-electron chi connectivity index (χ1n) is 12.4. The molecular formula is C28H32FN5O3. The van der Waals surface area contributed by atoms with Gasteiger partial charge in [0.1, 0.15) is 17.9 Å². The largest absolute Gasteiger partial charge is 0.494 e. The topological polar surface area (TPSA) is 100 Å². The molecule has 1 aliphatic heterocycles. The lowest BCUT2D eigenvalue weighted by Gasteiger charge is -2.21. The molecule has 0 radical (unpaired) electrons. The number of hydrogen-bond donors (Lipinski definition) is 2. The van der Waals surface area contributed by atoms with E-state index in [1.165, 1.54) is 18.5 Å². The molecule has 8 nitrogen and oxygen atoms in total. The Hall–Kier alpha value is -3.69. The van der Waals surface area contributed by atoms with Crippen molar-refractivity contribution in [2.24, 2.45) is 5.92 Å². The highest BCUT2D eigenvalue weighted by molar-refractivity contribution is 6.06. The van der Waals surface area contributed by atoms with Gasteiger partial charge in [-0.2, -0.15) is 0 Å². The van der Waals surface area contributed by atoms with E-state index in [0.29, 0.717) is 46.4 Å². The maximum Gasteiger partial charge on any atom is 0.227 e. The van der Waals surface area contributed by atoms with Crippen molar-refractivity contribution >= 4 is 23.6 Å². The molecule has 9 heteroatoms. The fourth-order valence-corrected chi connectivity index (χ4v) is 3.85. The summed E-state index contributed by atoms with van der Waals surface area (Å²) in [5.41, 5.74) is 3.25. The average Bonchev–Trinajstić information content (AvgIpc) is 3.77. The third-order valence-corrected chi connectivity index (χ3v) is 6.15.